The quantitative estimate of drug-likeness (QED) is 0.268. The van der Waals surface area contributed by atoms with Crippen LogP contribution >= 0.6 is 0 Å². The molecule has 12 rings (SSSR count). The van der Waals surface area contributed by atoms with Crippen LogP contribution in [-0.4, -0.2) is 105 Å². The summed E-state index contributed by atoms with van der Waals surface area (Å²) in [6.45, 7) is 3.52. The molecule has 12 nitrogen and oxygen atoms in total. The van der Waals surface area contributed by atoms with Crippen LogP contribution in [0.1, 0.15) is 106 Å². The van der Waals surface area contributed by atoms with E-state index in [4.69, 9.17) is 18.9 Å². The highest BCUT2D eigenvalue weighted by molar-refractivity contribution is 5.91. The molecule has 0 radical (unpaired) electrons. The first-order valence-electron chi connectivity index (χ1n) is 21.6. The minimum Gasteiger partial charge on any atom is -0.477 e. The van der Waals surface area contributed by atoms with Gasteiger partial charge >= 0.3 is 11.9 Å². The van der Waals surface area contributed by atoms with Gasteiger partial charge in [0.05, 0.1) is 22.0 Å². The van der Waals surface area contributed by atoms with E-state index in [0.717, 1.165) is 48.4 Å². The third-order valence-corrected chi connectivity index (χ3v) is 16.3. The molecule has 4 aliphatic heterocycles. The number of likely N-dealkylation sites (tertiary alicyclic amines) is 2. The molecule has 300 valence electrons. The first-order valence-corrected chi connectivity index (χ1v) is 21.6. The van der Waals surface area contributed by atoms with E-state index >= 15 is 0 Å². The number of aliphatic hydroxyl groups is 2. The van der Waals surface area contributed by atoms with Crippen molar-refractivity contribution in [1.29, 1.82) is 0 Å². The normalized spacial score (nSPS) is 37.9. The Morgan fingerprint density at radius 2 is 1.11 bits per heavy atom. The van der Waals surface area contributed by atoms with E-state index in [1.54, 1.807) is 12.1 Å². The molecule has 12 heteroatoms. The van der Waals surface area contributed by atoms with Crippen LogP contribution in [0.25, 0.3) is 0 Å². The molecule has 0 unspecified atom stereocenters. The molecule has 2 saturated heterocycles. The smallest absolute Gasteiger partial charge is 0.311 e. The number of hydrogen-bond acceptors (Lipinski definition) is 12. The zero-order valence-corrected chi connectivity index (χ0v) is 32.3. The first-order chi connectivity index (χ1) is 27.5. The summed E-state index contributed by atoms with van der Waals surface area (Å²) in [5.41, 5.74) is -0.180. The number of ether oxygens (including phenoxy) is 4. The van der Waals surface area contributed by atoms with Crippen molar-refractivity contribution in [3.05, 3.63) is 46.5 Å². The van der Waals surface area contributed by atoms with E-state index in [1.807, 2.05) is 12.1 Å². The molecule has 0 aromatic heterocycles. The summed E-state index contributed by atoms with van der Waals surface area (Å²) >= 11 is 0. The summed E-state index contributed by atoms with van der Waals surface area (Å²) < 4.78 is 24.7. The first kappa shape index (κ1) is 35.1. The highest BCUT2D eigenvalue weighted by Gasteiger charge is 2.75. The number of piperidine rings is 2. The Hall–Kier alpha value is -3.84. The number of hydrogen-bond donors (Lipinski definition) is 2. The SMILES string of the molecule is O=C(CCCC(=O)Oc1ccc2c3c1O[C@H]1C(=O)CC[C@@]4(O)[C@@H](C2)N(CC2CC2)CC[C@]314)Oc1ccc2c3c1O[C@H]1C(=O)CC[C@@]4(O)[C@@H](C2)N(CC2CC2)CC[C@]314. The molecule has 10 aliphatic rings. The lowest BCUT2D eigenvalue weighted by atomic mass is 9.49. The minimum atomic E-state index is -1.10. The predicted molar refractivity (Wildman–Crippen MR) is 201 cm³/mol. The number of ketones is 2. The topological polar surface area (TPSA) is 152 Å². The van der Waals surface area contributed by atoms with Crippen molar-refractivity contribution in [2.45, 2.75) is 143 Å². The molecule has 2 N–H and O–H groups in total. The molecule has 2 spiro atoms. The van der Waals surface area contributed by atoms with Crippen LogP contribution in [0, 0.1) is 11.8 Å². The maximum atomic E-state index is 13.4. The van der Waals surface area contributed by atoms with Gasteiger partial charge in [-0.1, -0.05) is 12.1 Å². The average molecular weight is 779 g/mol. The van der Waals surface area contributed by atoms with Gasteiger partial charge in [0.1, 0.15) is 0 Å². The van der Waals surface area contributed by atoms with Crippen LogP contribution in [0.15, 0.2) is 24.3 Å². The Kier molecular flexibility index (Phi) is 7.33. The minimum absolute atomic E-state index is 0.0177. The molecule has 2 aromatic carbocycles. The third kappa shape index (κ3) is 4.64. The molecule has 6 aliphatic carbocycles. The van der Waals surface area contributed by atoms with Gasteiger partial charge in [0.2, 0.25) is 0 Å². The van der Waals surface area contributed by atoms with Crippen molar-refractivity contribution in [3.63, 3.8) is 0 Å². The van der Waals surface area contributed by atoms with Gasteiger partial charge in [0, 0.05) is 62.0 Å². The maximum Gasteiger partial charge on any atom is 0.311 e. The summed E-state index contributed by atoms with van der Waals surface area (Å²) in [5.74, 6) is 1.52. The number of nitrogens with zero attached hydrogens (tertiary/aromatic N) is 2. The van der Waals surface area contributed by atoms with Crippen LogP contribution in [0.4, 0.5) is 0 Å². The number of esters is 2. The summed E-state index contributed by atoms with van der Waals surface area (Å²) in [7, 11) is 0. The lowest BCUT2D eigenvalue weighted by molar-refractivity contribution is -0.188. The fraction of sp³-hybridized carbons (Fsp3) is 0.644. The van der Waals surface area contributed by atoms with E-state index in [2.05, 4.69) is 9.80 Å². The summed E-state index contributed by atoms with van der Waals surface area (Å²) in [6.07, 6.45) is 7.21. The Morgan fingerprint density at radius 3 is 1.53 bits per heavy atom. The molecular weight excluding hydrogens is 728 g/mol. The maximum absolute atomic E-state index is 13.4. The van der Waals surface area contributed by atoms with Crippen molar-refractivity contribution in [2.24, 2.45) is 11.8 Å². The van der Waals surface area contributed by atoms with Crippen LogP contribution in [0.5, 0.6) is 23.0 Å². The summed E-state index contributed by atoms with van der Waals surface area (Å²) in [4.78, 5) is 58.4. The van der Waals surface area contributed by atoms with Crippen LogP contribution in [0.3, 0.4) is 0 Å². The fourth-order valence-corrected chi connectivity index (χ4v) is 13.4. The third-order valence-electron chi connectivity index (χ3n) is 16.3. The summed E-state index contributed by atoms with van der Waals surface area (Å²) in [5, 5.41) is 25.1. The summed E-state index contributed by atoms with van der Waals surface area (Å²) in [6, 6.07) is 7.24. The molecule has 4 saturated carbocycles. The van der Waals surface area contributed by atoms with Gasteiger partial charge in [-0.15, -0.1) is 0 Å². The Morgan fingerprint density at radius 1 is 0.667 bits per heavy atom. The van der Waals surface area contributed by atoms with E-state index in [-0.39, 0.29) is 67.3 Å². The molecule has 0 amide bonds. The monoisotopic (exact) mass is 778 g/mol. The van der Waals surface area contributed by atoms with E-state index in [0.29, 0.717) is 61.9 Å². The van der Waals surface area contributed by atoms with E-state index < -0.39 is 46.2 Å². The fourth-order valence-electron chi connectivity index (χ4n) is 13.4. The standard InChI is InChI=1S/C45H50N2O10/c48-28-12-14-44(52)32-20-26-8-10-30(38-36(26)42(44,40(28)56-38)16-18-46(32)22-24-4-5-24)54-34(50)2-1-3-35(51)55-31-11-9-27-21-33-45(53)15-13-29(49)41-43(45,37(27)39(31)57-41)17-19-47(33)23-25-6-7-25/h8-11,24-25,32-33,40-41,52-53H,1-7,12-23H2/t32-,33-,40+,41+,42+,43+,44-,45-/m1/s1. The highest BCUT2D eigenvalue weighted by atomic mass is 16.6. The number of carbonyl (C=O) groups excluding carboxylic acids is 4. The van der Waals surface area contributed by atoms with E-state index in [1.165, 1.54) is 25.7 Å². The zero-order valence-electron chi connectivity index (χ0n) is 32.3. The molecule has 8 atom stereocenters. The molecule has 4 bridgehead atoms. The van der Waals surface area contributed by atoms with Crippen LogP contribution < -0.4 is 18.9 Å². The zero-order chi connectivity index (χ0) is 38.6. The number of rotatable bonds is 10. The number of Topliss-reactive ketones (excluding diaryl/α,β-unsaturated/α-hetero) is 2. The predicted octanol–water partition coefficient (Wildman–Crippen LogP) is 3.63. The van der Waals surface area contributed by atoms with Crippen molar-refractivity contribution < 1.29 is 48.3 Å². The average Bonchev–Trinajstić information content (AvgIpc) is 4.11. The van der Waals surface area contributed by atoms with Gasteiger partial charge in [0.15, 0.2) is 46.8 Å². The van der Waals surface area contributed by atoms with Gasteiger partial charge in [-0.05, 0) is 119 Å². The Bertz CT molecular complexity index is 2010. The van der Waals surface area contributed by atoms with E-state index in [9.17, 15) is 29.4 Å². The molecule has 6 fully saturated rings. The van der Waals surface area contributed by atoms with Gasteiger partial charge < -0.3 is 29.2 Å². The highest BCUT2D eigenvalue weighted by Crippen LogP contribution is 2.67. The van der Waals surface area contributed by atoms with Crippen LogP contribution in [-0.2, 0) is 42.8 Å². The van der Waals surface area contributed by atoms with Crippen molar-refractivity contribution >= 4 is 23.5 Å². The van der Waals surface area contributed by atoms with Crippen molar-refractivity contribution in [3.8, 4) is 23.0 Å². The lowest BCUT2D eigenvalue weighted by Crippen LogP contribution is -2.76. The van der Waals surface area contributed by atoms with Gasteiger partial charge in [-0.3, -0.25) is 29.0 Å². The number of carbonyl (C=O) groups is 4. The van der Waals surface area contributed by atoms with Crippen molar-refractivity contribution in [2.75, 3.05) is 26.2 Å². The van der Waals surface area contributed by atoms with Gasteiger partial charge in [0.25, 0.3) is 0 Å². The Balaban J connectivity index is 0.744. The second-order valence-electron chi connectivity index (χ2n) is 19.2. The van der Waals surface area contributed by atoms with Crippen LogP contribution in [0.2, 0.25) is 0 Å². The second-order valence-corrected chi connectivity index (χ2v) is 19.2. The molecule has 4 heterocycles. The molecular formula is C45H50N2O10. The lowest BCUT2D eigenvalue weighted by Gasteiger charge is -2.62. The molecule has 57 heavy (non-hydrogen) atoms. The van der Waals surface area contributed by atoms with Crippen molar-refractivity contribution in [1.82, 2.24) is 9.80 Å². The number of benzene rings is 2. The Labute approximate surface area is 331 Å². The van der Waals surface area contributed by atoms with Gasteiger partial charge in [-0.2, -0.15) is 0 Å². The van der Waals surface area contributed by atoms with Gasteiger partial charge in [-0.25, -0.2) is 0 Å². The largest absolute Gasteiger partial charge is 0.477 e. The second kappa shape index (κ2) is 11.9. The molecule has 2 aromatic rings.